The summed E-state index contributed by atoms with van der Waals surface area (Å²) in [7, 11) is 0. The first-order valence-corrected chi connectivity index (χ1v) is 6.62. The molecule has 0 N–H and O–H groups in total. The normalized spacial score (nSPS) is 11.3. The molecule has 0 saturated carbocycles. The molecule has 0 saturated heterocycles. The van der Waals surface area contributed by atoms with Gasteiger partial charge in [-0.3, -0.25) is 0 Å². The van der Waals surface area contributed by atoms with Gasteiger partial charge in [0.25, 0.3) is 0 Å². The van der Waals surface area contributed by atoms with Crippen LogP contribution in [-0.2, 0) is 0 Å². The van der Waals surface area contributed by atoms with Crippen molar-refractivity contribution in [1.82, 2.24) is 0 Å². The van der Waals surface area contributed by atoms with Gasteiger partial charge in [-0.15, -0.1) is 0 Å². The van der Waals surface area contributed by atoms with E-state index in [1.165, 1.54) is 11.1 Å². The molecule has 0 fully saturated rings. The van der Waals surface area contributed by atoms with Gasteiger partial charge in [0.2, 0.25) is 0 Å². The van der Waals surface area contributed by atoms with Crippen LogP contribution in [0.5, 0.6) is 0 Å². The summed E-state index contributed by atoms with van der Waals surface area (Å²) in [5.74, 6) is 0. The van der Waals surface area contributed by atoms with E-state index < -0.39 is 0 Å². The van der Waals surface area contributed by atoms with Gasteiger partial charge in [-0.1, -0.05) is 59.6 Å². The molecular weight excluding hydrogens is 263 g/mol. The van der Waals surface area contributed by atoms with Crippen LogP contribution in [0.15, 0.2) is 36.4 Å². The number of rotatable bonds is 0. The van der Waals surface area contributed by atoms with Crippen molar-refractivity contribution in [1.29, 1.82) is 0 Å². The van der Waals surface area contributed by atoms with Crippen molar-refractivity contribution in [3.8, 4) is 0 Å². The van der Waals surface area contributed by atoms with Crippen LogP contribution in [0.25, 0.3) is 21.5 Å². The number of aryl methyl sites for hydroxylation is 2. The van der Waals surface area contributed by atoms with Gasteiger partial charge in [0.1, 0.15) is 0 Å². The molecule has 0 aliphatic rings. The Labute approximate surface area is 116 Å². The van der Waals surface area contributed by atoms with E-state index in [1.807, 2.05) is 24.3 Å². The van der Waals surface area contributed by atoms with E-state index in [9.17, 15) is 0 Å². The van der Waals surface area contributed by atoms with Gasteiger partial charge in [0, 0.05) is 21.5 Å². The van der Waals surface area contributed by atoms with E-state index in [4.69, 9.17) is 23.2 Å². The molecule has 0 aliphatic carbocycles. The zero-order valence-corrected chi connectivity index (χ0v) is 11.7. The Morgan fingerprint density at radius 3 is 2.00 bits per heavy atom. The molecule has 90 valence electrons. The summed E-state index contributed by atoms with van der Waals surface area (Å²) in [5, 5.41) is 5.72. The van der Waals surface area contributed by atoms with Crippen molar-refractivity contribution >= 4 is 44.7 Å². The summed E-state index contributed by atoms with van der Waals surface area (Å²) in [5.41, 5.74) is 2.43. The zero-order valence-electron chi connectivity index (χ0n) is 10.2. The fourth-order valence-electron chi connectivity index (χ4n) is 2.43. The van der Waals surface area contributed by atoms with Gasteiger partial charge >= 0.3 is 0 Å². The lowest BCUT2D eigenvalue weighted by Gasteiger charge is -2.12. The van der Waals surface area contributed by atoms with Gasteiger partial charge in [-0.25, -0.2) is 0 Å². The van der Waals surface area contributed by atoms with E-state index >= 15 is 0 Å². The molecule has 2 heteroatoms. The second kappa shape index (κ2) is 4.15. The maximum atomic E-state index is 6.56. The Morgan fingerprint density at radius 2 is 1.33 bits per heavy atom. The largest absolute Gasteiger partial charge is 0.0830 e. The third-order valence-electron chi connectivity index (χ3n) is 3.59. The lowest BCUT2D eigenvalue weighted by Crippen LogP contribution is -1.88. The van der Waals surface area contributed by atoms with Crippen LogP contribution in [-0.4, -0.2) is 0 Å². The maximum Gasteiger partial charge on any atom is 0.0566 e. The first kappa shape index (κ1) is 11.8. The van der Waals surface area contributed by atoms with Gasteiger partial charge < -0.3 is 0 Å². The summed E-state index contributed by atoms with van der Waals surface area (Å²) in [6, 6.07) is 12.1. The van der Waals surface area contributed by atoms with Crippen LogP contribution in [0.2, 0.25) is 10.0 Å². The highest BCUT2D eigenvalue weighted by Gasteiger charge is 2.13. The van der Waals surface area contributed by atoms with E-state index in [1.54, 1.807) is 0 Å². The zero-order chi connectivity index (χ0) is 12.9. The summed E-state index contributed by atoms with van der Waals surface area (Å²) in [4.78, 5) is 0. The number of hydrogen-bond acceptors (Lipinski definition) is 0. The van der Waals surface area contributed by atoms with Crippen LogP contribution >= 0.6 is 23.2 Å². The topological polar surface area (TPSA) is 0 Å². The molecule has 0 aliphatic heterocycles. The summed E-state index contributed by atoms with van der Waals surface area (Å²) >= 11 is 13.1. The molecule has 0 amide bonds. The standard InChI is InChI=1S/C16H12Cl2/c1-9-7-8-13-14(10(9)2)16(18)12-6-4-3-5-11(12)15(13)17/h3-8H,1-2H3. The molecule has 3 rings (SSSR count). The second-order valence-corrected chi connectivity index (χ2v) is 5.36. The molecule has 0 unspecified atom stereocenters. The maximum absolute atomic E-state index is 6.56. The first-order valence-electron chi connectivity index (χ1n) is 5.87. The highest BCUT2D eigenvalue weighted by atomic mass is 35.5. The second-order valence-electron chi connectivity index (χ2n) is 4.60. The van der Waals surface area contributed by atoms with Crippen molar-refractivity contribution in [2.45, 2.75) is 13.8 Å². The Kier molecular flexibility index (Phi) is 2.73. The minimum atomic E-state index is 0.785. The van der Waals surface area contributed by atoms with Crippen molar-refractivity contribution in [2.75, 3.05) is 0 Å². The van der Waals surface area contributed by atoms with Crippen LogP contribution in [0.4, 0.5) is 0 Å². The first-order chi connectivity index (χ1) is 8.61. The van der Waals surface area contributed by atoms with Crippen LogP contribution in [0.1, 0.15) is 11.1 Å². The molecule has 0 radical (unpaired) electrons. The lowest BCUT2D eigenvalue weighted by atomic mass is 9.97. The average molecular weight is 275 g/mol. The number of halogens is 2. The minimum Gasteiger partial charge on any atom is -0.0830 e. The third kappa shape index (κ3) is 1.53. The smallest absolute Gasteiger partial charge is 0.0566 e. The summed E-state index contributed by atoms with van der Waals surface area (Å²) in [6.45, 7) is 4.18. The fraction of sp³-hybridized carbons (Fsp3) is 0.125. The van der Waals surface area contributed by atoms with E-state index in [0.29, 0.717) is 0 Å². The van der Waals surface area contributed by atoms with Gasteiger partial charge in [0.05, 0.1) is 10.0 Å². The van der Waals surface area contributed by atoms with Crippen molar-refractivity contribution in [2.24, 2.45) is 0 Å². The number of benzene rings is 3. The van der Waals surface area contributed by atoms with Gasteiger partial charge in [-0.05, 0) is 25.0 Å². The molecule has 0 atom stereocenters. The summed E-state index contributed by atoms with van der Waals surface area (Å²) < 4.78 is 0. The summed E-state index contributed by atoms with van der Waals surface area (Å²) in [6.07, 6.45) is 0. The van der Waals surface area contributed by atoms with Gasteiger partial charge in [-0.2, -0.15) is 0 Å². The Morgan fingerprint density at radius 1 is 0.722 bits per heavy atom. The molecule has 0 heterocycles. The highest BCUT2D eigenvalue weighted by Crippen LogP contribution is 2.40. The SMILES string of the molecule is Cc1ccc2c(Cl)c3ccccc3c(Cl)c2c1C. The molecule has 0 bridgehead atoms. The minimum absolute atomic E-state index is 0.785. The van der Waals surface area contributed by atoms with Gasteiger partial charge in [0.15, 0.2) is 0 Å². The lowest BCUT2D eigenvalue weighted by molar-refractivity contribution is 1.38. The quantitative estimate of drug-likeness (QED) is 0.447. The molecule has 0 nitrogen and oxygen atoms in total. The highest BCUT2D eigenvalue weighted by molar-refractivity contribution is 6.47. The number of fused-ring (bicyclic) bond motifs is 2. The molecule has 3 aromatic carbocycles. The Balaban J connectivity index is 2.67. The van der Waals surface area contributed by atoms with Crippen LogP contribution in [0, 0.1) is 13.8 Å². The Bertz CT molecular complexity index is 773. The fourth-order valence-corrected chi connectivity index (χ4v) is 3.16. The third-order valence-corrected chi connectivity index (χ3v) is 4.39. The van der Waals surface area contributed by atoms with Crippen molar-refractivity contribution < 1.29 is 0 Å². The molecule has 18 heavy (non-hydrogen) atoms. The average Bonchev–Trinajstić information content (AvgIpc) is 2.39. The monoisotopic (exact) mass is 274 g/mol. The predicted molar refractivity (Wildman–Crippen MR) is 80.9 cm³/mol. The number of hydrogen-bond donors (Lipinski definition) is 0. The van der Waals surface area contributed by atoms with Crippen molar-refractivity contribution in [3.05, 3.63) is 57.6 Å². The van der Waals surface area contributed by atoms with E-state index in [2.05, 4.69) is 26.0 Å². The van der Waals surface area contributed by atoms with Crippen LogP contribution < -0.4 is 0 Å². The molecular formula is C16H12Cl2. The van der Waals surface area contributed by atoms with Crippen LogP contribution in [0.3, 0.4) is 0 Å². The molecule has 3 aromatic rings. The van der Waals surface area contributed by atoms with E-state index in [-0.39, 0.29) is 0 Å². The predicted octanol–water partition coefficient (Wildman–Crippen LogP) is 5.92. The molecule has 0 spiro atoms. The van der Waals surface area contributed by atoms with E-state index in [0.717, 1.165) is 31.6 Å². The molecule has 0 aromatic heterocycles. The Hall–Kier alpha value is -1.24. The van der Waals surface area contributed by atoms with Crippen molar-refractivity contribution in [3.63, 3.8) is 0 Å².